The van der Waals surface area contributed by atoms with E-state index < -0.39 is 28.5 Å². The van der Waals surface area contributed by atoms with Crippen LogP contribution >= 0.6 is 11.6 Å². The number of azo groups is 1. The fourth-order valence-corrected chi connectivity index (χ4v) is 3.59. The maximum atomic E-state index is 12.5. The van der Waals surface area contributed by atoms with Gasteiger partial charge in [-0.3, -0.25) is 10.1 Å². The number of halogens is 1. The van der Waals surface area contributed by atoms with Gasteiger partial charge in [-0.05, 0) is 67.1 Å². The van der Waals surface area contributed by atoms with Gasteiger partial charge >= 0.3 is 17.9 Å². The van der Waals surface area contributed by atoms with E-state index in [2.05, 4.69) is 16.8 Å². The molecule has 0 amide bonds. The Bertz CT molecular complexity index is 1570. The van der Waals surface area contributed by atoms with Crippen molar-refractivity contribution in [1.29, 1.82) is 0 Å². The number of carbonyl (C=O) groups is 3. The normalized spacial score (nSPS) is 10.9. The van der Waals surface area contributed by atoms with Gasteiger partial charge in [-0.2, -0.15) is 10.2 Å². The maximum absolute atomic E-state index is 12.5. The average molecular weight is 621 g/mol. The number of benzene rings is 3. The number of carbonyl (C=O) groups excluding carboxylic acids is 3. The molecule has 0 aliphatic carbocycles. The number of hydrogen-bond donors (Lipinski definition) is 0. The zero-order chi connectivity index (χ0) is 32.1. The first kappa shape index (κ1) is 33.1. The molecule has 228 valence electrons. The first-order valence-corrected chi connectivity index (χ1v) is 13.5. The van der Waals surface area contributed by atoms with E-state index in [-0.39, 0.29) is 36.6 Å². The maximum Gasteiger partial charge on any atom is 0.345 e. The molecular formula is C31H29ClN4O8. The molecule has 0 aliphatic heterocycles. The van der Waals surface area contributed by atoms with Gasteiger partial charge in [0.15, 0.2) is 0 Å². The van der Waals surface area contributed by atoms with Gasteiger partial charge in [0.05, 0.1) is 22.8 Å². The molecule has 13 heteroatoms. The monoisotopic (exact) mass is 620 g/mol. The molecule has 3 rings (SSSR count). The molecule has 0 N–H and O–H groups in total. The Balaban J connectivity index is 1.53. The second-order valence-corrected chi connectivity index (χ2v) is 9.64. The van der Waals surface area contributed by atoms with Crippen LogP contribution in [0, 0.1) is 10.1 Å². The van der Waals surface area contributed by atoms with Crippen LogP contribution in [0.3, 0.4) is 0 Å². The number of anilines is 1. The summed E-state index contributed by atoms with van der Waals surface area (Å²) in [7, 11) is 1.84. The van der Waals surface area contributed by atoms with Crippen LogP contribution in [0.2, 0.25) is 5.02 Å². The van der Waals surface area contributed by atoms with Crippen molar-refractivity contribution in [3.05, 3.63) is 111 Å². The van der Waals surface area contributed by atoms with Crippen LogP contribution in [-0.4, -0.2) is 56.2 Å². The number of nitro benzene ring substituents is 1. The van der Waals surface area contributed by atoms with Crippen LogP contribution in [0.5, 0.6) is 0 Å². The molecule has 0 saturated carbocycles. The molecule has 0 radical (unpaired) electrons. The topological polar surface area (TPSA) is 150 Å². The van der Waals surface area contributed by atoms with Crippen LogP contribution in [0.25, 0.3) is 6.08 Å². The number of ether oxygens (including phenoxy) is 3. The van der Waals surface area contributed by atoms with E-state index in [1.165, 1.54) is 25.1 Å². The largest absolute Gasteiger partial charge is 0.461 e. The van der Waals surface area contributed by atoms with Gasteiger partial charge < -0.3 is 19.1 Å². The molecule has 0 atom stereocenters. The molecule has 0 unspecified atom stereocenters. The molecule has 0 heterocycles. The highest BCUT2D eigenvalue weighted by Crippen LogP contribution is 2.27. The number of likely N-dealkylation sites (N-methyl/N-ethyl adjacent to an activating group) is 1. The average Bonchev–Trinajstić information content (AvgIpc) is 3.01. The summed E-state index contributed by atoms with van der Waals surface area (Å²) in [4.78, 5) is 48.5. The Morgan fingerprint density at radius 1 is 0.932 bits per heavy atom. The second-order valence-electron chi connectivity index (χ2n) is 9.20. The van der Waals surface area contributed by atoms with Crippen LogP contribution in [0.4, 0.5) is 22.7 Å². The zero-order valence-corrected chi connectivity index (χ0v) is 24.7. The lowest BCUT2D eigenvalue weighted by Gasteiger charge is -2.18. The van der Waals surface area contributed by atoms with Crippen molar-refractivity contribution in [3.8, 4) is 0 Å². The molecule has 0 saturated heterocycles. The molecule has 3 aromatic rings. The van der Waals surface area contributed by atoms with Crippen LogP contribution in [0.1, 0.15) is 22.8 Å². The van der Waals surface area contributed by atoms with Gasteiger partial charge in [-0.25, -0.2) is 14.4 Å². The lowest BCUT2D eigenvalue weighted by molar-refractivity contribution is -0.385. The predicted molar refractivity (Wildman–Crippen MR) is 164 cm³/mol. The van der Waals surface area contributed by atoms with Gasteiger partial charge in [0, 0.05) is 35.5 Å². The summed E-state index contributed by atoms with van der Waals surface area (Å²) in [5.74, 6) is -2.08. The quantitative estimate of drug-likeness (QED) is 0.0368. The van der Waals surface area contributed by atoms with Gasteiger partial charge in [0.2, 0.25) is 0 Å². The number of esters is 3. The van der Waals surface area contributed by atoms with E-state index in [0.717, 1.165) is 17.3 Å². The summed E-state index contributed by atoms with van der Waals surface area (Å²) in [5.41, 5.74) is 1.73. The molecule has 0 aliphatic rings. The molecule has 0 fully saturated rings. The van der Waals surface area contributed by atoms with Crippen LogP contribution < -0.4 is 4.90 Å². The smallest absolute Gasteiger partial charge is 0.345 e. The summed E-state index contributed by atoms with van der Waals surface area (Å²) in [6.45, 7) is 4.99. The molecule has 0 spiro atoms. The lowest BCUT2D eigenvalue weighted by Crippen LogP contribution is -2.23. The van der Waals surface area contributed by atoms with E-state index >= 15 is 0 Å². The Kier molecular flexibility index (Phi) is 12.3. The van der Waals surface area contributed by atoms with Gasteiger partial charge in [0.1, 0.15) is 25.4 Å². The molecule has 12 nitrogen and oxygen atoms in total. The highest BCUT2D eigenvalue weighted by molar-refractivity contribution is 6.30. The number of nitro groups is 1. The van der Waals surface area contributed by atoms with Crippen molar-refractivity contribution < 1.29 is 33.5 Å². The first-order valence-electron chi connectivity index (χ1n) is 13.1. The highest BCUT2D eigenvalue weighted by atomic mass is 35.5. The number of hydrogen-bond acceptors (Lipinski definition) is 11. The fraction of sp³-hybridized carbons (Fsp3) is 0.194. The van der Waals surface area contributed by atoms with E-state index in [9.17, 15) is 24.5 Å². The third-order valence-corrected chi connectivity index (χ3v) is 6.07. The number of rotatable bonds is 14. The van der Waals surface area contributed by atoms with Crippen molar-refractivity contribution >= 4 is 58.3 Å². The molecular weight excluding hydrogens is 592 g/mol. The third kappa shape index (κ3) is 10.5. The minimum absolute atomic E-state index is 0.173. The Morgan fingerprint density at radius 3 is 2.23 bits per heavy atom. The summed E-state index contributed by atoms with van der Waals surface area (Å²) in [6, 6.07) is 17.7. The Morgan fingerprint density at radius 2 is 1.57 bits per heavy atom. The second kappa shape index (κ2) is 16.3. The van der Waals surface area contributed by atoms with Gasteiger partial charge in [-0.15, -0.1) is 0 Å². The van der Waals surface area contributed by atoms with E-state index in [4.69, 9.17) is 25.8 Å². The van der Waals surface area contributed by atoms with E-state index in [1.807, 2.05) is 11.9 Å². The molecule has 0 bridgehead atoms. The van der Waals surface area contributed by atoms with Gasteiger partial charge in [-0.1, -0.05) is 30.3 Å². The number of nitrogens with zero attached hydrogens (tertiary/aromatic N) is 4. The third-order valence-electron chi connectivity index (χ3n) is 5.82. The van der Waals surface area contributed by atoms with Crippen LogP contribution in [-0.2, 0) is 23.8 Å². The van der Waals surface area contributed by atoms with Crippen molar-refractivity contribution in [1.82, 2.24) is 0 Å². The Hall–Kier alpha value is -5.36. The van der Waals surface area contributed by atoms with E-state index in [1.54, 1.807) is 54.6 Å². The first-order chi connectivity index (χ1) is 21.0. The SMILES string of the molecule is C=C(C)C(=O)OCCOC(=O)c1cc(N=Nc2ccc(N(C)CCOC(=O)C=Cc3ccc(Cl)cc3)cc2)ccc1[N+](=O)[O-]. The summed E-state index contributed by atoms with van der Waals surface area (Å²) < 4.78 is 15.1. The molecule has 44 heavy (non-hydrogen) atoms. The molecule has 3 aromatic carbocycles. The summed E-state index contributed by atoms with van der Waals surface area (Å²) in [6.07, 6.45) is 3.00. The minimum Gasteiger partial charge on any atom is -0.461 e. The summed E-state index contributed by atoms with van der Waals surface area (Å²) >= 11 is 5.85. The zero-order valence-electron chi connectivity index (χ0n) is 24.0. The van der Waals surface area contributed by atoms with Crippen molar-refractivity contribution in [3.63, 3.8) is 0 Å². The predicted octanol–water partition coefficient (Wildman–Crippen LogP) is 6.63. The van der Waals surface area contributed by atoms with Crippen molar-refractivity contribution in [2.24, 2.45) is 10.2 Å². The van der Waals surface area contributed by atoms with Gasteiger partial charge in [0.25, 0.3) is 5.69 Å². The lowest BCUT2D eigenvalue weighted by atomic mass is 10.1. The minimum atomic E-state index is -0.976. The van der Waals surface area contributed by atoms with Crippen molar-refractivity contribution in [2.75, 3.05) is 38.3 Å². The van der Waals surface area contributed by atoms with E-state index in [0.29, 0.717) is 17.3 Å². The fourth-order valence-electron chi connectivity index (χ4n) is 3.47. The van der Waals surface area contributed by atoms with Crippen molar-refractivity contribution in [2.45, 2.75) is 6.92 Å². The standard InChI is InChI=1S/C31H29ClN4O8/c1-21(2)30(38)43-18-19-44-31(39)27-20-25(11-14-28(27)36(40)41)34-33-24-9-12-26(13-10-24)35(3)16-17-42-29(37)15-6-22-4-7-23(32)8-5-22/h4-15,20H,1,16-19H2,2-3H3. The Labute approximate surface area is 258 Å². The molecule has 0 aromatic heterocycles. The highest BCUT2D eigenvalue weighted by Gasteiger charge is 2.22. The van der Waals surface area contributed by atoms with Crippen LogP contribution in [0.15, 0.2) is 95.2 Å². The summed E-state index contributed by atoms with van der Waals surface area (Å²) in [5, 5.41) is 20.2.